The van der Waals surface area contributed by atoms with E-state index >= 15 is 0 Å². The lowest BCUT2D eigenvalue weighted by Crippen LogP contribution is -2.19. The van der Waals surface area contributed by atoms with Crippen molar-refractivity contribution in [2.45, 2.75) is 26.2 Å². The molecule has 0 aliphatic heterocycles. The molecule has 0 amide bonds. The Morgan fingerprint density at radius 2 is 2.25 bits per heavy atom. The van der Waals surface area contributed by atoms with Crippen molar-refractivity contribution in [3.05, 3.63) is 12.2 Å². The third-order valence-corrected chi connectivity index (χ3v) is 2.64. The van der Waals surface area contributed by atoms with Gasteiger partial charge in [0, 0.05) is 18.8 Å². The monoisotopic (exact) mass is 220 g/mol. The number of hydrogen-bond donors (Lipinski definition) is 0. The van der Waals surface area contributed by atoms with Gasteiger partial charge in [-0.1, -0.05) is 13.0 Å². The molecule has 0 aromatic carbocycles. The van der Waals surface area contributed by atoms with Gasteiger partial charge in [0.05, 0.1) is 13.5 Å². The second kappa shape index (κ2) is 6.12. The van der Waals surface area contributed by atoms with E-state index in [1.54, 1.807) is 12.2 Å². The first-order chi connectivity index (χ1) is 7.69. The molecule has 0 radical (unpaired) electrons. The van der Waals surface area contributed by atoms with Crippen LogP contribution >= 0.6 is 0 Å². The SMILES string of the molecule is CCC#CCC1C(=O)C=CC1CC(=O)OC. The zero-order chi connectivity index (χ0) is 12.0. The van der Waals surface area contributed by atoms with Gasteiger partial charge in [0.15, 0.2) is 5.78 Å². The summed E-state index contributed by atoms with van der Waals surface area (Å²) in [7, 11) is 1.36. The molecule has 0 fully saturated rings. The summed E-state index contributed by atoms with van der Waals surface area (Å²) < 4.78 is 4.60. The Labute approximate surface area is 95.9 Å². The quantitative estimate of drug-likeness (QED) is 0.537. The fourth-order valence-corrected chi connectivity index (χ4v) is 1.73. The number of carbonyl (C=O) groups is 2. The van der Waals surface area contributed by atoms with E-state index in [4.69, 9.17) is 0 Å². The standard InChI is InChI=1S/C13H16O3/c1-3-4-5-6-11-10(7-8-12(11)14)9-13(15)16-2/h7-8,10-11H,3,6,9H2,1-2H3. The molecule has 16 heavy (non-hydrogen) atoms. The molecule has 86 valence electrons. The molecule has 3 heteroatoms. The first-order valence-electron chi connectivity index (χ1n) is 5.43. The summed E-state index contributed by atoms with van der Waals surface area (Å²) in [5, 5.41) is 0. The van der Waals surface area contributed by atoms with Crippen LogP contribution in [0.1, 0.15) is 26.2 Å². The van der Waals surface area contributed by atoms with Crippen molar-refractivity contribution in [1.29, 1.82) is 0 Å². The van der Waals surface area contributed by atoms with Gasteiger partial charge in [0.2, 0.25) is 0 Å². The van der Waals surface area contributed by atoms with Crippen LogP contribution in [0, 0.1) is 23.7 Å². The van der Waals surface area contributed by atoms with Crippen LogP contribution in [-0.4, -0.2) is 18.9 Å². The molecule has 0 aromatic heterocycles. The predicted octanol–water partition coefficient (Wildman–Crippen LogP) is 1.72. The molecular formula is C13H16O3. The molecule has 2 atom stereocenters. The molecule has 3 nitrogen and oxygen atoms in total. The van der Waals surface area contributed by atoms with Crippen molar-refractivity contribution < 1.29 is 14.3 Å². The lowest BCUT2D eigenvalue weighted by atomic mass is 9.89. The van der Waals surface area contributed by atoms with Gasteiger partial charge >= 0.3 is 5.97 Å². The van der Waals surface area contributed by atoms with E-state index in [2.05, 4.69) is 16.6 Å². The molecular weight excluding hydrogens is 204 g/mol. The van der Waals surface area contributed by atoms with E-state index in [9.17, 15) is 9.59 Å². The average molecular weight is 220 g/mol. The third-order valence-electron chi connectivity index (χ3n) is 2.64. The zero-order valence-electron chi connectivity index (χ0n) is 9.66. The first-order valence-corrected chi connectivity index (χ1v) is 5.43. The van der Waals surface area contributed by atoms with Gasteiger partial charge in [-0.15, -0.1) is 11.8 Å². The van der Waals surface area contributed by atoms with Crippen LogP contribution < -0.4 is 0 Å². The molecule has 0 aromatic rings. The number of ketones is 1. The number of ether oxygens (including phenoxy) is 1. The van der Waals surface area contributed by atoms with Crippen molar-refractivity contribution in [3.8, 4) is 11.8 Å². The van der Waals surface area contributed by atoms with Crippen molar-refractivity contribution in [2.75, 3.05) is 7.11 Å². The largest absolute Gasteiger partial charge is 0.469 e. The van der Waals surface area contributed by atoms with Crippen LogP contribution in [0.3, 0.4) is 0 Å². The minimum Gasteiger partial charge on any atom is -0.469 e. The van der Waals surface area contributed by atoms with Gasteiger partial charge in [-0.2, -0.15) is 0 Å². The van der Waals surface area contributed by atoms with E-state index in [-0.39, 0.29) is 30.0 Å². The van der Waals surface area contributed by atoms with Gasteiger partial charge in [0.25, 0.3) is 0 Å². The number of hydrogen-bond acceptors (Lipinski definition) is 3. The van der Waals surface area contributed by atoms with Crippen LogP contribution in [0.25, 0.3) is 0 Å². The van der Waals surface area contributed by atoms with E-state index in [0.717, 1.165) is 6.42 Å². The summed E-state index contributed by atoms with van der Waals surface area (Å²) in [5.74, 6) is 5.47. The third kappa shape index (κ3) is 3.23. The highest BCUT2D eigenvalue weighted by Gasteiger charge is 2.31. The Balaban J connectivity index is 2.58. The number of methoxy groups -OCH3 is 1. The fraction of sp³-hybridized carbons (Fsp3) is 0.538. The Kier molecular flexibility index (Phi) is 4.78. The van der Waals surface area contributed by atoms with Crippen LogP contribution in [0.4, 0.5) is 0 Å². The van der Waals surface area contributed by atoms with E-state index in [1.807, 2.05) is 6.92 Å². The highest BCUT2D eigenvalue weighted by Crippen LogP contribution is 2.28. The molecule has 1 aliphatic rings. The van der Waals surface area contributed by atoms with Gasteiger partial charge in [-0.3, -0.25) is 9.59 Å². The highest BCUT2D eigenvalue weighted by atomic mass is 16.5. The fourth-order valence-electron chi connectivity index (χ4n) is 1.73. The number of rotatable bonds is 3. The summed E-state index contributed by atoms with van der Waals surface area (Å²) in [4.78, 5) is 22.7. The zero-order valence-corrected chi connectivity index (χ0v) is 9.66. The summed E-state index contributed by atoms with van der Waals surface area (Å²) in [5.41, 5.74) is 0. The van der Waals surface area contributed by atoms with Gasteiger partial charge < -0.3 is 4.74 Å². The second-order valence-electron chi connectivity index (χ2n) is 3.72. The molecule has 0 heterocycles. The molecule has 0 saturated carbocycles. The maximum absolute atomic E-state index is 11.5. The summed E-state index contributed by atoms with van der Waals surface area (Å²) in [6, 6.07) is 0. The molecule has 1 aliphatic carbocycles. The topological polar surface area (TPSA) is 43.4 Å². The molecule has 0 N–H and O–H groups in total. The predicted molar refractivity (Wildman–Crippen MR) is 60.4 cm³/mol. The summed E-state index contributed by atoms with van der Waals surface area (Å²) >= 11 is 0. The number of carbonyl (C=O) groups excluding carboxylic acids is 2. The maximum atomic E-state index is 11.5. The van der Waals surface area contributed by atoms with Crippen molar-refractivity contribution in [2.24, 2.45) is 11.8 Å². The Hall–Kier alpha value is -1.56. The minimum atomic E-state index is -0.280. The van der Waals surface area contributed by atoms with Crippen molar-refractivity contribution in [1.82, 2.24) is 0 Å². The minimum absolute atomic E-state index is 0.0499. The van der Waals surface area contributed by atoms with Gasteiger partial charge in [-0.05, 0) is 12.0 Å². The smallest absolute Gasteiger partial charge is 0.306 e. The van der Waals surface area contributed by atoms with Crippen LogP contribution in [0.2, 0.25) is 0 Å². The lowest BCUT2D eigenvalue weighted by Gasteiger charge is -2.13. The van der Waals surface area contributed by atoms with Crippen LogP contribution in [0.15, 0.2) is 12.2 Å². The van der Waals surface area contributed by atoms with E-state index in [1.165, 1.54) is 7.11 Å². The van der Waals surface area contributed by atoms with Crippen LogP contribution in [-0.2, 0) is 14.3 Å². The number of allylic oxidation sites excluding steroid dienone is 2. The van der Waals surface area contributed by atoms with Crippen LogP contribution in [0.5, 0.6) is 0 Å². The number of esters is 1. The first kappa shape index (κ1) is 12.5. The van der Waals surface area contributed by atoms with Crippen molar-refractivity contribution in [3.63, 3.8) is 0 Å². The average Bonchev–Trinajstić information content (AvgIpc) is 2.61. The molecule has 0 saturated heterocycles. The van der Waals surface area contributed by atoms with Crippen molar-refractivity contribution >= 4 is 11.8 Å². The van der Waals surface area contributed by atoms with E-state index < -0.39 is 0 Å². The summed E-state index contributed by atoms with van der Waals surface area (Å²) in [6.45, 7) is 1.97. The Morgan fingerprint density at radius 1 is 1.50 bits per heavy atom. The van der Waals surface area contributed by atoms with Gasteiger partial charge in [0.1, 0.15) is 0 Å². The molecule has 0 spiro atoms. The maximum Gasteiger partial charge on any atom is 0.306 e. The van der Waals surface area contributed by atoms with Gasteiger partial charge in [-0.25, -0.2) is 0 Å². The molecule has 0 bridgehead atoms. The Bertz CT molecular complexity index is 357. The van der Waals surface area contributed by atoms with E-state index in [0.29, 0.717) is 6.42 Å². The highest BCUT2D eigenvalue weighted by molar-refractivity contribution is 5.95. The Morgan fingerprint density at radius 3 is 2.88 bits per heavy atom. The molecule has 1 rings (SSSR count). The summed E-state index contributed by atoms with van der Waals surface area (Å²) in [6.07, 6.45) is 4.91. The lowest BCUT2D eigenvalue weighted by molar-refractivity contribution is -0.141. The second-order valence-corrected chi connectivity index (χ2v) is 3.72. The normalized spacial score (nSPS) is 22.8. The molecule has 2 unspecified atom stereocenters.